The Morgan fingerprint density at radius 2 is 1.79 bits per heavy atom. The van der Waals surface area contributed by atoms with E-state index >= 15 is 0 Å². The van der Waals surface area contributed by atoms with E-state index in [0.29, 0.717) is 22.8 Å². The molecule has 0 bridgehead atoms. The minimum Gasteiger partial charge on any atom is -0.440 e. The highest BCUT2D eigenvalue weighted by Gasteiger charge is 2.43. The first kappa shape index (κ1) is 25.8. The Kier molecular flexibility index (Phi) is 7.23. The average Bonchev–Trinajstić information content (AvgIpc) is 3.44. The number of aliphatic hydroxyl groups excluding tert-OH is 1. The average molecular weight is 543 g/mol. The van der Waals surface area contributed by atoms with Gasteiger partial charge in [0.2, 0.25) is 0 Å². The van der Waals surface area contributed by atoms with E-state index in [0.717, 1.165) is 72.9 Å². The van der Waals surface area contributed by atoms with E-state index in [4.69, 9.17) is 14.4 Å². The molecule has 3 aliphatic rings. The summed E-state index contributed by atoms with van der Waals surface area (Å²) in [6, 6.07) is 20.4. The number of hydrogen-bond acceptors (Lipinski definition) is 6. The molecule has 3 heterocycles. The molecule has 1 aliphatic carbocycles. The van der Waals surface area contributed by atoms with Gasteiger partial charge in [-0.15, -0.1) is 0 Å². The minimum absolute atomic E-state index is 0.0592. The molecule has 2 aromatic carbocycles. The number of piperidine rings is 1. The van der Waals surface area contributed by atoms with Gasteiger partial charge in [0.1, 0.15) is 5.69 Å². The Morgan fingerprint density at radius 3 is 2.44 bits per heavy atom. The molecule has 39 heavy (non-hydrogen) atoms. The Bertz CT molecular complexity index is 1360. The van der Waals surface area contributed by atoms with Crippen molar-refractivity contribution in [1.29, 1.82) is 0 Å². The third kappa shape index (κ3) is 5.49. The fraction of sp³-hybridized carbons (Fsp3) is 0.355. The predicted octanol–water partition coefficient (Wildman–Crippen LogP) is 5.21. The summed E-state index contributed by atoms with van der Waals surface area (Å²) in [6.07, 6.45) is 6.20. The second-order valence-electron chi connectivity index (χ2n) is 10.6. The van der Waals surface area contributed by atoms with Gasteiger partial charge in [-0.2, -0.15) is 0 Å². The van der Waals surface area contributed by atoms with Crippen molar-refractivity contribution < 1.29 is 13.7 Å². The largest absolute Gasteiger partial charge is 0.440 e. The van der Waals surface area contributed by atoms with Gasteiger partial charge in [0.15, 0.2) is 11.7 Å². The van der Waals surface area contributed by atoms with Crippen molar-refractivity contribution in [3.63, 3.8) is 0 Å². The number of benzene rings is 2. The molecule has 7 nitrogen and oxygen atoms in total. The second kappa shape index (κ2) is 10.9. The molecule has 2 fully saturated rings. The smallest absolute Gasteiger partial charge is 0.198 e. The van der Waals surface area contributed by atoms with E-state index in [9.17, 15) is 9.32 Å². The molecule has 1 saturated carbocycles. The van der Waals surface area contributed by atoms with Crippen molar-refractivity contribution >= 4 is 17.1 Å². The number of nitrogens with zero attached hydrogens (tertiary/aromatic N) is 3. The number of oxazole rings is 1. The normalized spacial score (nSPS) is 21.1. The van der Waals surface area contributed by atoms with Gasteiger partial charge in [-0.1, -0.05) is 67.2 Å². The van der Waals surface area contributed by atoms with Crippen LogP contribution in [-0.4, -0.2) is 56.5 Å². The van der Waals surface area contributed by atoms with Crippen LogP contribution in [0.1, 0.15) is 43.9 Å². The van der Waals surface area contributed by atoms with E-state index in [2.05, 4.69) is 41.1 Å². The zero-order chi connectivity index (χ0) is 26.8. The number of aromatic nitrogens is 1. The predicted molar refractivity (Wildman–Crippen MR) is 155 cm³/mol. The molecule has 8 heteroatoms. The van der Waals surface area contributed by atoms with Crippen LogP contribution in [0.5, 0.6) is 0 Å². The van der Waals surface area contributed by atoms with Crippen molar-refractivity contribution in [2.75, 3.05) is 25.4 Å². The molecule has 2 N–H and O–H groups in total. The molecule has 6 rings (SSSR count). The summed E-state index contributed by atoms with van der Waals surface area (Å²) in [7, 11) is -1.12. The maximum Gasteiger partial charge on any atom is 0.198 e. The monoisotopic (exact) mass is 542 g/mol. The number of nitrogens with one attached hydrogen (secondary N) is 1. The lowest BCUT2D eigenvalue weighted by Crippen LogP contribution is -2.34. The third-order valence-corrected chi connectivity index (χ3v) is 9.36. The highest BCUT2D eigenvalue weighted by molar-refractivity contribution is 7.89. The lowest BCUT2D eigenvalue weighted by atomic mass is 9.97. The molecule has 0 spiro atoms. The summed E-state index contributed by atoms with van der Waals surface area (Å²) in [5.74, 6) is 2.41. The summed E-state index contributed by atoms with van der Waals surface area (Å²) >= 11 is 0. The molecule has 1 atom stereocenters. The molecule has 1 aromatic heterocycles. The van der Waals surface area contributed by atoms with Gasteiger partial charge in [0.05, 0.1) is 39.9 Å². The second-order valence-corrected chi connectivity index (χ2v) is 12.1. The summed E-state index contributed by atoms with van der Waals surface area (Å²) in [5.41, 5.74) is 4.13. The van der Waals surface area contributed by atoms with Crippen LogP contribution in [0.4, 0.5) is 0 Å². The standard InChI is InChI=1S/C31H34N4O3S/c1-22(34-31(20-36)15-16-31)29-26(14-19-39(29)37)32-21-35-17-12-25(13-18-35)30-33-27(23-8-4-2-5-9-23)28(38-30)24-10-6-3-7-11-24/h2-11,21,25,34,36H,1,12-20H2. The van der Waals surface area contributed by atoms with Crippen LogP contribution >= 0.6 is 0 Å². The quantitative estimate of drug-likeness (QED) is 0.285. The lowest BCUT2D eigenvalue weighted by molar-refractivity contribution is 0.239. The van der Waals surface area contributed by atoms with Crippen molar-refractivity contribution in [3.8, 4) is 22.6 Å². The highest BCUT2D eigenvalue weighted by atomic mass is 32.2. The van der Waals surface area contributed by atoms with Crippen LogP contribution < -0.4 is 5.32 Å². The SMILES string of the molecule is C=C(NC1(CO)CC1)C1=C(N=CN2CCC(c3nc(-c4ccccc4)c(-c4ccccc4)o3)CC2)CCS1=O. The Labute approximate surface area is 231 Å². The van der Waals surface area contributed by atoms with Crippen LogP contribution in [0, 0.1) is 0 Å². The van der Waals surface area contributed by atoms with Crippen molar-refractivity contribution in [2.45, 2.75) is 43.6 Å². The molecule has 0 radical (unpaired) electrons. The van der Waals surface area contributed by atoms with Gasteiger partial charge < -0.3 is 19.7 Å². The van der Waals surface area contributed by atoms with E-state index in [1.165, 1.54) is 0 Å². The first-order chi connectivity index (χ1) is 19.0. The zero-order valence-electron chi connectivity index (χ0n) is 22.0. The van der Waals surface area contributed by atoms with Crippen LogP contribution in [0.25, 0.3) is 22.6 Å². The fourth-order valence-corrected chi connectivity index (χ4v) is 6.65. The minimum atomic E-state index is -1.12. The zero-order valence-corrected chi connectivity index (χ0v) is 22.8. The Balaban J connectivity index is 1.15. The molecule has 202 valence electrons. The van der Waals surface area contributed by atoms with Crippen LogP contribution in [0.15, 0.2) is 93.0 Å². The number of aliphatic imine (C=N–C) groups is 1. The van der Waals surface area contributed by atoms with Gasteiger partial charge in [0, 0.05) is 48.0 Å². The molecule has 1 unspecified atom stereocenters. The first-order valence-electron chi connectivity index (χ1n) is 13.6. The number of rotatable bonds is 9. The van der Waals surface area contributed by atoms with Gasteiger partial charge in [0.25, 0.3) is 0 Å². The lowest BCUT2D eigenvalue weighted by Gasteiger charge is -2.28. The summed E-state index contributed by atoms with van der Waals surface area (Å²) in [4.78, 5) is 12.7. The summed E-state index contributed by atoms with van der Waals surface area (Å²) in [6.45, 7) is 5.87. The molecule has 1 saturated heterocycles. The molecule has 2 aliphatic heterocycles. The molecule has 0 amide bonds. The van der Waals surface area contributed by atoms with Crippen LogP contribution in [0.3, 0.4) is 0 Å². The molecular formula is C31H34N4O3S. The molecule has 3 aromatic rings. The molecular weight excluding hydrogens is 508 g/mol. The number of allylic oxidation sites excluding steroid dienone is 1. The van der Waals surface area contributed by atoms with E-state index in [1.807, 2.05) is 42.7 Å². The highest BCUT2D eigenvalue weighted by Crippen LogP contribution is 2.39. The fourth-order valence-electron chi connectivity index (χ4n) is 5.32. The summed E-state index contributed by atoms with van der Waals surface area (Å²) in [5, 5.41) is 13.0. The van der Waals surface area contributed by atoms with Gasteiger partial charge in [-0.05, 0) is 25.7 Å². The Hall–Kier alpha value is -3.49. The van der Waals surface area contributed by atoms with Crippen LogP contribution in [0.2, 0.25) is 0 Å². The van der Waals surface area contributed by atoms with E-state index in [1.54, 1.807) is 0 Å². The van der Waals surface area contributed by atoms with E-state index < -0.39 is 10.8 Å². The van der Waals surface area contributed by atoms with Gasteiger partial charge in [-0.3, -0.25) is 4.21 Å². The Morgan fingerprint density at radius 1 is 1.13 bits per heavy atom. The van der Waals surface area contributed by atoms with Crippen molar-refractivity contribution in [2.24, 2.45) is 4.99 Å². The van der Waals surface area contributed by atoms with Gasteiger partial charge >= 0.3 is 0 Å². The number of hydrogen-bond donors (Lipinski definition) is 2. The van der Waals surface area contributed by atoms with Crippen LogP contribution in [-0.2, 0) is 10.8 Å². The maximum absolute atomic E-state index is 12.7. The number of likely N-dealkylation sites (tertiary alicyclic amines) is 1. The van der Waals surface area contributed by atoms with Crippen molar-refractivity contribution in [3.05, 3.63) is 89.4 Å². The van der Waals surface area contributed by atoms with Gasteiger partial charge in [-0.25, -0.2) is 9.98 Å². The third-order valence-electron chi connectivity index (χ3n) is 7.84. The summed E-state index contributed by atoms with van der Waals surface area (Å²) < 4.78 is 19.1. The topological polar surface area (TPSA) is 91.0 Å². The first-order valence-corrected chi connectivity index (χ1v) is 15.0. The number of aliphatic hydroxyl groups is 1. The van der Waals surface area contributed by atoms with E-state index in [-0.39, 0.29) is 18.1 Å². The van der Waals surface area contributed by atoms with Crippen molar-refractivity contribution in [1.82, 2.24) is 15.2 Å². The maximum atomic E-state index is 12.7.